The normalized spacial score (nSPS) is 19.4. The fourth-order valence-corrected chi connectivity index (χ4v) is 2.55. The standard InChI is InChI=1S/C14H16F3NO2/c15-11-6-13(17)12(16)5-10(11)8-18-4-3-9(7-18)1-2-14(19)20/h5-6,9H,1-4,7-8H2,(H,19,20). The molecule has 0 bridgehead atoms. The summed E-state index contributed by atoms with van der Waals surface area (Å²) >= 11 is 0. The van der Waals surface area contributed by atoms with Crippen LogP contribution in [0.1, 0.15) is 24.8 Å². The molecule has 1 atom stereocenters. The summed E-state index contributed by atoms with van der Waals surface area (Å²) in [6.07, 6.45) is 1.56. The van der Waals surface area contributed by atoms with Gasteiger partial charge in [0.1, 0.15) is 5.82 Å². The minimum absolute atomic E-state index is 0.123. The lowest BCUT2D eigenvalue weighted by Crippen LogP contribution is -2.21. The van der Waals surface area contributed by atoms with E-state index in [1.807, 2.05) is 4.90 Å². The zero-order valence-corrected chi connectivity index (χ0v) is 10.9. The Labute approximate surface area is 115 Å². The molecule has 2 rings (SSSR count). The molecule has 0 aliphatic carbocycles. The summed E-state index contributed by atoms with van der Waals surface area (Å²) in [6.45, 7) is 1.58. The Bertz CT molecular complexity index is 507. The lowest BCUT2D eigenvalue weighted by atomic mass is 10.0. The summed E-state index contributed by atoms with van der Waals surface area (Å²) < 4.78 is 39.4. The van der Waals surface area contributed by atoms with Crippen LogP contribution in [-0.2, 0) is 11.3 Å². The van der Waals surface area contributed by atoms with E-state index in [0.717, 1.165) is 12.5 Å². The van der Waals surface area contributed by atoms with Gasteiger partial charge in [-0.3, -0.25) is 9.69 Å². The van der Waals surface area contributed by atoms with E-state index in [0.29, 0.717) is 25.6 Å². The van der Waals surface area contributed by atoms with Crippen LogP contribution in [0.15, 0.2) is 12.1 Å². The molecule has 0 radical (unpaired) electrons. The first-order valence-corrected chi connectivity index (χ1v) is 6.53. The first-order valence-electron chi connectivity index (χ1n) is 6.53. The monoisotopic (exact) mass is 287 g/mol. The van der Waals surface area contributed by atoms with Crippen molar-refractivity contribution in [3.63, 3.8) is 0 Å². The molecule has 0 aromatic heterocycles. The Morgan fingerprint density at radius 1 is 1.25 bits per heavy atom. The number of hydrogen-bond acceptors (Lipinski definition) is 2. The molecule has 0 saturated carbocycles. The van der Waals surface area contributed by atoms with Crippen molar-refractivity contribution >= 4 is 5.97 Å². The van der Waals surface area contributed by atoms with Gasteiger partial charge in [0.25, 0.3) is 0 Å². The first-order chi connectivity index (χ1) is 9.45. The second kappa shape index (κ2) is 6.26. The van der Waals surface area contributed by atoms with Gasteiger partial charge < -0.3 is 5.11 Å². The van der Waals surface area contributed by atoms with Crippen molar-refractivity contribution < 1.29 is 23.1 Å². The molecular weight excluding hydrogens is 271 g/mol. The highest BCUT2D eigenvalue weighted by atomic mass is 19.2. The minimum Gasteiger partial charge on any atom is -0.481 e. The summed E-state index contributed by atoms with van der Waals surface area (Å²) in [5.74, 6) is -3.55. The molecule has 0 amide bonds. The van der Waals surface area contributed by atoms with Gasteiger partial charge >= 0.3 is 5.97 Å². The summed E-state index contributed by atoms with van der Waals surface area (Å²) in [5.41, 5.74) is 0.128. The Balaban J connectivity index is 1.92. The van der Waals surface area contributed by atoms with Crippen LogP contribution in [0.25, 0.3) is 0 Å². The van der Waals surface area contributed by atoms with Crippen molar-refractivity contribution in [3.05, 3.63) is 35.1 Å². The Morgan fingerprint density at radius 2 is 1.95 bits per heavy atom. The molecule has 1 unspecified atom stereocenters. The molecule has 1 heterocycles. The molecule has 1 aromatic carbocycles. The van der Waals surface area contributed by atoms with Crippen LogP contribution < -0.4 is 0 Å². The fourth-order valence-electron chi connectivity index (χ4n) is 2.55. The van der Waals surface area contributed by atoms with Gasteiger partial charge in [-0.25, -0.2) is 13.2 Å². The van der Waals surface area contributed by atoms with Crippen LogP contribution in [0.5, 0.6) is 0 Å². The molecule has 6 heteroatoms. The molecule has 1 aliphatic heterocycles. The van der Waals surface area contributed by atoms with Crippen molar-refractivity contribution in [1.82, 2.24) is 4.90 Å². The number of nitrogens with zero attached hydrogens (tertiary/aromatic N) is 1. The number of benzene rings is 1. The lowest BCUT2D eigenvalue weighted by molar-refractivity contribution is -0.137. The smallest absolute Gasteiger partial charge is 0.303 e. The molecule has 1 aromatic rings. The molecule has 1 fully saturated rings. The van der Waals surface area contributed by atoms with E-state index in [4.69, 9.17) is 5.11 Å². The molecule has 110 valence electrons. The maximum atomic E-state index is 13.5. The third kappa shape index (κ3) is 3.72. The lowest BCUT2D eigenvalue weighted by Gasteiger charge is -2.16. The van der Waals surface area contributed by atoms with Crippen molar-refractivity contribution in [2.45, 2.75) is 25.8 Å². The van der Waals surface area contributed by atoms with Crippen molar-refractivity contribution in [1.29, 1.82) is 0 Å². The third-order valence-electron chi connectivity index (χ3n) is 3.62. The van der Waals surface area contributed by atoms with E-state index < -0.39 is 23.4 Å². The van der Waals surface area contributed by atoms with Crippen LogP contribution in [0, 0.1) is 23.4 Å². The molecule has 0 spiro atoms. The van der Waals surface area contributed by atoms with Gasteiger partial charge in [0.2, 0.25) is 0 Å². The predicted octanol–water partition coefficient (Wildman–Crippen LogP) is 2.79. The maximum absolute atomic E-state index is 13.5. The highest BCUT2D eigenvalue weighted by molar-refractivity contribution is 5.66. The molecule has 20 heavy (non-hydrogen) atoms. The highest BCUT2D eigenvalue weighted by Gasteiger charge is 2.24. The number of likely N-dealkylation sites (tertiary alicyclic amines) is 1. The number of halogens is 3. The minimum atomic E-state index is -1.19. The average Bonchev–Trinajstić information content (AvgIpc) is 2.81. The molecule has 1 aliphatic rings. The third-order valence-corrected chi connectivity index (χ3v) is 3.62. The zero-order chi connectivity index (χ0) is 14.7. The summed E-state index contributed by atoms with van der Waals surface area (Å²) in [7, 11) is 0. The number of carboxylic acids is 1. The maximum Gasteiger partial charge on any atom is 0.303 e. The van der Waals surface area contributed by atoms with Crippen LogP contribution in [0.4, 0.5) is 13.2 Å². The number of hydrogen-bond donors (Lipinski definition) is 1. The Morgan fingerprint density at radius 3 is 2.65 bits per heavy atom. The second-order valence-electron chi connectivity index (χ2n) is 5.18. The van der Waals surface area contributed by atoms with E-state index >= 15 is 0 Å². The summed E-state index contributed by atoms with van der Waals surface area (Å²) in [6, 6.07) is 1.44. The Hall–Kier alpha value is -1.56. The molecule has 1 N–H and O–H groups in total. The quantitative estimate of drug-likeness (QED) is 0.847. The van der Waals surface area contributed by atoms with E-state index in [1.54, 1.807) is 0 Å². The van der Waals surface area contributed by atoms with Gasteiger partial charge in [-0.2, -0.15) is 0 Å². The van der Waals surface area contributed by atoms with Crippen LogP contribution in [0.3, 0.4) is 0 Å². The topological polar surface area (TPSA) is 40.5 Å². The fraction of sp³-hybridized carbons (Fsp3) is 0.500. The average molecular weight is 287 g/mol. The van der Waals surface area contributed by atoms with E-state index in [2.05, 4.69) is 0 Å². The second-order valence-corrected chi connectivity index (χ2v) is 5.18. The van der Waals surface area contributed by atoms with Crippen LogP contribution >= 0.6 is 0 Å². The van der Waals surface area contributed by atoms with Crippen LogP contribution in [0.2, 0.25) is 0 Å². The van der Waals surface area contributed by atoms with Gasteiger partial charge in [0.15, 0.2) is 11.6 Å². The highest BCUT2D eigenvalue weighted by Crippen LogP contribution is 2.24. The molecular formula is C14H16F3NO2. The Kier molecular flexibility index (Phi) is 4.65. The van der Waals surface area contributed by atoms with Gasteiger partial charge in [0, 0.05) is 31.1 Å². The van der Waals surface area contributed by atoms with E-state index in [1.165, 1.54) is 0 Å². The summed E-state index contributed by atoms with van der Waals surface area (Å²) in [5, 5.41) is 8.63. The largest absolute Gasteiger partial charge is 0.481 e. The van der Waals surface area contributed by atoms with Gasteiger partial charge in [-0.15, -0.1) is 0 Å². The number of aliphatic carboxylic acids is 1. The van der Waals surface area contributed by atoms with Crippen LogP contribution in [-0.4, -0.2) is 29.1 Å². The van der Waals surface area contributed by atoms with Gasteiger partial charge in [-0.1, -0.05) is 0 Å². The van der Waals surface area contributed by atoms with Crippen molar-refractivity contribution in [2.24, 2.45) is 5.92 Å². The van der Waals surface area contributed by atoms with Crippen molar-refractivity contribution in [3.8, 4) is 0 Å². The van der Waals surface area contributed by atoms with Crippen molar-refractivity contribution in [2.75, 3.05) is 13.1 Å². The first kappa shape index (κ1) is 14.8. The number of rotatable bonds is 5. The number of carbonyl (C=O) groups is 1. The van der Waals surface area contributed by atoms with Gasteiger partial charge in [0.05, 0.1) is 0 Å². The summed E-state index contributed by atoms with van der Waals surface area (Å²) in [4.78, 5) is 12.4. The SMILES string of the molecule is O=C(O)CCC1CCN(Cc2cc(F)c(F)cc2F)C1. The van der Waals surface area contributed by atoms with E-state index in [-0.39, 0.29) is 24.4 Å². The zero-order valence-electron chi connectivity index (χ0n) is 10.9. The molecule has 1 saturated heterocycles. The predicted molar refractivity (Wildman–Crippen MR) is 66.6 cm³/mol. The molecule has 3 nitrogen and oxygen atoms in total. The number of carboxylic acid groups (broad SMARTS) is 1. The van der Waals surface area contributed by atoms with Gasteiger partial charge in [-0.05, 0) is 31.4 Å². The van der Waals surface area contributed by atoms with E-state index in [9.17, 15) is 18.0 Å².